The lowest BCUT2D eigenvalue weighted by molar-refractivity contribution is -0.305. The Morgan fingerprint density at radius 2 is 0.723 bits per heavy atom. The number of rotatable bonds is 49. The molecule has 1 aliphatic heterocycles. The number of ether oxygens (including phenoxy) is 4. The molecule has 0 saturated carbocycles. The molecule has 0 aromatic rings. The van der Waals surface area contributed by atoms with Gasteiger partial charge < -0.3 is 39.4 Å². The summed E-state index contributed by atoms with van der Waals surface area (Å²) in [6, 6.07) is 0. The summed E-state index contributed by atoms with van der Waals surface area (Å²) in [4.78, 5) is 25.5. The Bertz CT molecular complexity index is 1030. The summed E-state index contributed by atoms with van der Waals surface area (Å²) in [5.74, 6) is -0.783. The summed E-state index contributed by atoms with van der Waals surface area (Å²) in [6.45, 7) is 3.50. The number of aliphatic hydroxyl groups excluding tert-OH is 4. The average molecular weight is 927 g/mol. The molecule has 2 unspecified atom stereocenters. The number of hydrogen-bond acceptors (Lipinski definition) is 10. The summed E-state index contributed by atoms with van der Waals surface area (Å²) < 4.78 is 22.3. The highest BCUT2D eigenvalue weighted by molar-refractivity contribution is 5.70. The van der Waals surface area contributed by atoms with Gasteiger partial charge in [0.1, 0.15) is 31.0 Å². The van der Waals surface area contributed by atoms with Crippen LogP contribution >= 0.6 is 0 Å². The number of esters is 2. The SMILES string of the molecule is CCCCCCCCCCCCCCCCCCCCCCCCCC(=O)OC[C@@H](CO[C@H]1O[C@@H](CO)[C@@H](O)C(O)C1O)OC(=O)CCCCCCCCCCCCCCCCCCC. The molecule has 10 heteroatoms. The Morgan fingerprint density at radius 3 is 1.05 bits per heavy atom. The highest BCUT2D eigenvalue weighted by Crippen LogP contribution is 2.23. The van der Waals surface area contributed by atoms with Gasteiger partial charge in [-0.05, 0) is 12.8 Å². The lowest BCUT2D eigenvalue weighted by Gasteiger charge is -2.39. The van der Waals surface area contributed by atoms with Gasteiger partial charge in [-0.1, -0.05) is 258 Å². The van der Waals surface area contributed by atoms with Crippen molar-refractivity contribution in [3.05, 3.63) is 0 Å². The first-order valence-corrected chi connectivity index (χ1v) is 28.1. The van der Waals surface area contributed by atoms with Gasteiger partial charge >= 0.3 is 11.9 Å². The van der Waals surface area contributed by atoms with E-state index < -0.39 is 49.4 Å². The Hall–Kier alpha value is -1.30. The maximum absolute atomic E-state index is 12.8. The molecule has 1 rings (SSSR count). The van der Waals surface area contributed by atoms with E-state index in [2.05, 4.69) is 13.8 Å². The first-order valence-electron chi connectivity index (χ1n) is 28.1. The minimum absolute atomic E-state index is 0.208. The lowest BCUT2D eigenvalue weighted by Crippen LogP contribution is -2.59. The summed E-state index contributed by atoms with van der Waals surface area (Å²) in [5, 5.41) is 40.3. The minimum atomic E-state index is -1.59. The number of hydrogen-bond donors (Lipinski definition) is 4. The summed E-state index contributed by atoms with van der Waals surface area (Å²) in [5.41, 5.74) is 0. The van der Waals surface area contributed by atoms with Crippen LogP contribution in [0.1, 0.15) is 284 Å². The molecule has 10 nitrogen and oxygen atoms in total. The molecule has 1 heterocycles. The van der Waals surface area contributed by atoms with E-state index in [-0.39, 0.29) is 32.0 Å². The fourth-order valence-corrected chi connectivity index (χ4v) is 9.08. The third kappa shape index (κ3) is 37.3. The van der Waals surface area contributed by atoms with Crippen LogP contribution in [0.3, 0.4) is 0 Å². The maximum atomic E-state index is 12.8. The number of unbranched alkanes of at least 4 members (excludes halogenated alkanes) is 38. The maximum Gasteiger partial charge on any atom is 0.306 e. The Morgan fingerprint density at radius 1 is 0.415 bits per heavy atom. The van der Waals surface area contributed by atoms with Crippen molar-refractivity contribution in [1.29, 1.82) is 0 Å². The quantitative estimate of drug-likeness (QED) is 0.0343. The van der Waals surface area contributed by atoms with Crippen molar-refractivity contribution in [2.24, 2.45) is 0 Å². The van der Waals surface area contributed by atoms with Crippen LogP contribution in [0, 0.1) is 0 Å². The second kappa shape index (κ2) is 46.4. The zero-order valence-electron chi connectivity index (χ0n) is 42.5. The molecule has 0 bridgehead atoms. The highest BCUT2D eigenvalue weighted by Gasteiger charge is 2.44. The van der Waals surface area contributed by atoms with Crippen LogP contribution in [0.5, 0.6) is 0 Å². The summed E-state index contributed by atoms with van der Waals surface area (Å²) in [7, 11) is 0. The Balaban J connectivity index is 2.18. The van der Waals surface area contributed by atoms with Gasteiger partial charge in [0.05, 0.1) is 13.2 Å². The molecule has 1 fully saturated rings. The molecule has 1 saturated heterocycles. The van der Waals surface area contributed by atoms with Gasteiger partial charge in [-0.15, -0.1) is 0 Å². The molecule has 0 radical (unpaired) electrons. The van der Waals surface area contributed by atoms with Crippen LogP contribution in [0.25, 0.3) is 0 Å². The molecule has 0 aromatic carbocycles. The first-order chi connectivity index (χ1) is 31.8. The standard InChI is InChI=1S/C55H106O10/c1-3-5-7-9-11-13-15-17-19-21-22-23-24-25-26-28-29-31-33-35-37-39-41-43-50(57)62-46-48(47-63-55-54(61)53(60)52(59)49(45-56)65-55)64-51(58)44-42-40-38-36-34-32-30-27-20-18-16-14-12-10-8-6-4-2/h48-49,52-56,59-61H,3-47H2,1-2H3/t48-,49-,52+,53?,54?,55-/m0/s1. The van der Waals surface area contributed by atoms with Gasteiger partial charge in [-0.3, -0.25) is 9.59 Å². The van der Waals surface area contributed by atoms with E-state index in [9.17, 15) is 30.0 Å². The third-order valence-electron chi connectivity index (χ3n) is 13.5. The van der Waals surface area contributed by atoms with Crippen molar-refractivity contribution in [3.8, 4) is 0 Å². The highest BCUT2D eigenvalue weighted by atomic mass is 16.7. The number of carbonyl (C=O) groups is 2. The van der Waals surface area contributed by atoms with E-state index in [1.165, 1.54) is 212 Å². The lowest BCUT2D eigenvalue weighted by atomic mass is 9.99. The van der Waals surface area contributed by atoms with Crippen molar-refractivity contribution in [2.75, 3.05) is 19.8 Å². The number of aliphatic hydroxyl groups is 4. The molecule has 1 aliphatic rings. The monoisotopic (exact) mass is 927 g/mol. The summed E-state index contributed by atoms with van der Waals surface area (Å²) >= 11 is 0. The molecule has 0 spiro atoms. The van der Waals surface area contributed by atoms with Gasteiger partial charge in [0, 0.05) is 12.8 Å². The van der Waals surface area contributed by atoms with Crippen molar-refractivity contribution >= 4 is 11.9 Å². The molecule has 0 aromatic heterocycles. The second-order valence-corrected chi connectivity index (χ2v) is 19.8. The minimum Gasteiger partial charge on any atom is -0.462 e. The fraction of sp³-hybridized carbons (Fsp3) is 0.964. The first kappa shape index (κ1) is 61.7. The van der Waals surface area contributed by atoms with Crippen molar-refractivity contribution in [1.82, 2.24) is 0 Å². The van der Waals surface area contributed by atoms with Gasteiger partial charge in [0.2, 0.25) is 0 Å². The van der Waals surface area contributed by atoms with Gasteiger partial charge in [-0.25, -0.2) is 0 Å². The summed E-state index contributed by atoms with van der Waals surface area (Å²) in [6.07, 6.45) is 44.1. The zero-order valence-corrected chi connectivity index (χ0v) is 42.5. The van der Waals surface area contributed by atoms with Gasteiger partial charge in [0.15, 0.2) is 12.4 Å². The topological polar surface area (TPSA) is 152 Å². The Labute approximate surface area is 399 Å². The van der Waals surface area contributed by atoms with Crippen molar-refractivity contribution in [3.63, 3.8) is 0 Å². The van der Waals surface area contributed by atoms with Crippen molar-refractivity contribution in [2.45, 2.75) is 320 Å². The van der Waals surface area contributed by atoms with E-state index in [1.807, 2.05) is 0 Å². The van der Waals surface area contributed by atoms with E-state index in [1.54, 1.807) is 0 Å². The normalized spacial score (nSPS) is 19.1. The fourth-order valence-electron chi connectivity index (χ4n) is 9.08. The largest absolute Gasteiger partial charge is 0.462 e. The molecule has 0 amide bonds. The molecule has 0 aliphatic carbocycles. The zero-order chi connectivity index (χ0) is 47.3. The van der Waals surface area contributed by atoms with Crippen LogP contribution in [-0.2, 0) is 28.5 Å². The van der Waals surface area contributed by atoms with E-state index in [0.29, 0.717) is 6.42 Å². The molecular formula is C55H106O10. The number of carbonyl (C=O) groups excluding carboxylic acids is 2. The van der Waals surface area contributed by atoms with Crippen molar-refractivity contribution < 1.29 is 49.0 Å². The van der Waals surface area contributed by atoms with Crippen LogP contribution in [0.4, 0.5) is 0 Å². The van der Waals surface area contributed by atoms with Crippen LogP contribution < -0.4 is 0 Å². The predicted molar refractivity (Wildman–Crippen MR) is 266 cm³/mol. The van der Waals surface area contributed by atoms with Crippen LogP contribution in [0.15, 0.2) is 0 Å². The van der Waals surface area contributed by atoms with Gasteiger partial charge in [-0.2, -0.15) is 0 Å². The molecule has 6 atom stereocenters. The van der Waals surface area contributed by atoms with Gasteiger partial charge in [0.25, 0.3) is 0 Å². The molecule has 65 heavy (non-hydrogen) atoms. The smallest absolute Gasteiger partial charge is 0.306 e. The molecular weight excluding hydrogens is 821 g/mol. The molecule has 4 N–H and O–H groups in total. The molecule has 386 valence electrons. The average Bonchev–Trinajstić information content (AvgIpc) is 3.30. The predicted octanol–water partition coefficient (Wildman–Crippen LogP) is 13.7. The Kier molecular flexibility index (Phi) is 44.1. The van der Waals surface area contributed by atoms with E-state index >= 15 is 0 Å². The van der Waals surface area contributed by atoms with Crippen LogP contribution in [-0.4, -0.2) is 89.0 Å². The van der Waals surface area contributed by atoms with Crippen LogP contribution in [0.2, 0.25) is 0 Å². The van der Waals surface area contributed by atoms with E-state index in [0.717, 1.165) is 38.5 Å². The van der Waals surface area contributed by atoms with E-state index in [4.69, 9.17) is 18.9 Å². The third-order valence-corrected chi connectivity index (χ3v) is 13.5. The second-order valence-electron chi connectivity index (χ2n) is 19.8.